The zero-order valence-corrected chi connectivity index (χ0v) is 37.3. The van der Waals surface area contributed by atoms with Crippen molar-refractivity contribution < 1.29 is 38.4 Å². The van der Waals surface area contributed by atoms with E-state index in [1.54, 1.807) is 18.2 Å². The van der Waals surface area contributed by atoms with Crippen molar-refractivity contribution in [3.63, 3.8) is 0 Å². The van der Waals surface area contributed by atoms with E-state index < -0.39 is 11.7 Å². The minimum atomic E-state index is -0.527. The number of unbranched alkanes of at least 4 members (excludes halogenated alkanes) is 1. The molecule has 1 aliphatic heterocycles. The number of rotatable bonds is 25. The second-order valence-corrected chi connectivity index (χ2v) is 17.3. The number of aromatic nitrogens is 4. The van der Waals surface area contributed by atoms with E-state index in [0.29, 0.717) is 77.6 Å². The Bertz CT molecular complexity index is 2500. The van der Waals surface area contributed by atoms with E-state index in [1.165, 1.54) is 16.5 Å². The number of fused-ring (bicyclic) bond motifs is 3. The summed E-state index contributed by atoms with van der Waals surface area (Å²) in [4.78, 5) is 45.4. The summed E-state index contributed by atoms with van der Waals surface area (Å²) in [5, 5.41) is 18.4. The van der Waals surface area contributed by atoms with Crippen molar-refractivity contribution in [3.05, 3.63) is 119 Å². The molecule has 4 N–H and O–H groups in total. The lowest BCUT2D eigenvalue weighted by Crippen LogP contribution is -2.34. The topological polar surface area (TPSA) is 171 Å². The van der Waals surface area contributed by atoms with E-state index in [-0.39, 0.29) is 23.5 Å². The number of carbonyl (C=O) groups excluding carboxylic acids is 3. The number of para-hydroxylation sites is 1. The molecule has 3 aromatic carbocycles. The van der Waals surface area contributed by atoms with E-state index in [4.69, 9.17) is 23.9 Å². The molecule has 14 heteroatoms. The molecule has 1 atom stereocenters. The number of alkyl carbamates (subject to hydrolysis) is 1. The van der Waals surface area contributed by atoms with Gasteiger partial charge in [0.05, 0.1) is 45.6 Å². The molecular weight excluding hydrogens is 813 g/mol. The number of Topliss-reactive ketones (excluding diaryl/α,β-unsaturated/α-hetero) is 1. The lowest BCUT2D eigenvalue weighted by atomic mass is 9.94. The van der Waals surface area contributed by atoms with Crippen LogP contribution < -0.4 is 10.6 Å². The molecule has 0 fully saturated rings. The minimum absolute atomic E-state index is 0.125. The van der Waals surface area contributed by atoms with Gasteiger partial charge in [-0.3, -0.25) is 9.59 Å². The lowest BCUT2D eigenvalue weighted by molar-refractivity contribution is -0.119. The van der Waals surface area contributed by atoms with Crippen molar-refractivity contribution in [1.29, 1.82) is 0 Å². The van der Waals surface area contributed by atoms with Crippen LogP contribution in [0.1, 0.15) is 104 Å². The van der Waals surface area contributed by atoms with Gasteiger partial charge in [0.2, 0.25) is 0 Å². The average molecular weight is 875 g/mol. The SMILES string of the molecule is CC(C)(C)OC(=O)NCCOCCOCCOCCCC(=O)CCCCn1ccnc1Cn1ccc2ccc(CCCc3[nH]c4ccccc4c3C3NC(=O)c4ccc(O)cc43)cc21. The van der Waals surface area contributed by atoms with Gasteiger partial charge in [-0.2, -0.15) is 0 Å². The van der Waals surface area contributed by atoms with Crippen LogP contribution in [0.15, 0.2) is 85.3 Å². The average Bonchev–Trinajstić information content (AvgIpc) is 4.05. The maximum Gasteiger partial charge on any atom is 0.407 e. The normalized spacial score (nSPS) is 13.7. The van der Waals surface area contributed by atoms with Gasteiger partial charge in [-0.05, 0) is 112 Å². The van der Waals surface area contributed by atoms with Gasteiger partial charge in [-0.15, -0.1) is 0 Å². The fraction of sp³-hybridized carbons (Fsp3) is 0.440. The first-order valence-electron chi connectivity index (χ1n) is 22.6. The molecule has 0 saturated carbocycles. The molecule has 7 rings (SSSR count). The third kappa shape index (κ3) is 12.6. The number of nitrogens with one attached hydrogen (secondary N) is 3. The van der Waals surface area contributed by atoms with Gasteiger partial charge in [0.1, 0.15) is 23.0 Å². The summed E-state index contributed by atoms with van der Waals surface area (Å²) in [6, 6.07) is 21.6. The maximum absolute atomic E-state index is 12.9. The summed E-state index contributed by atoms with van der Waals surface area (Å²) in [6.07, 6.45) is 11.6. The van der Waals surface area contributed by atoms with E-state index in [1.807, 2.05) is 45.3 Å². The number of aromatic amines is 1. The quantitative estimate of drug-likeness (QED) is 0.0415. The molecule has 340 valence electrons. The number of carbonyl (C=O) groups is 3. The minimum Gasteiger partial charge on any atom is -0.508 e. The largest absolute Gasteiger partial charge is 0.508 e. The molecule has 1 unspecified atom stereocenters. The number of hydrogen-bond acceptors (Lipinski definition) is 9. The van der Waals surface area contributed by atoms with Gasteiger partial charge in [-0.25, -0.2) is 9.78 Å². The monoisotopic (exact) mass is 874 g/mol. The van der Waals surface area contributed by atoms with Gasteiger partial charge in [0.15, 0.2) is 0 Å². The molecule has 0 saturated heterocycles. The highest BCUT2D eigenvalue weighted by Crippen LogP contribution is 2.39. The molecule has 0 radical (unpaired) electrons. The number of ether oxygens (including phenoxy) is 4. The molecule has 4 heterocycles. The van der Waals surface area contributed by atoms with Crippen molar-refractivity contribution in [1.82, 2.24) is 29.7 Å². The molecule has 1 aliphatic rings. The number of hydrogen-bond donors (Lipinski definition) is 4. The van der Waals surface area contributed by atoms with Crippen molar-refractivity contribution in [3.8, 4) is 5.75 Å². The lowest BCUT2D eigenvalue weighted by Gasteiger charge is -2.19. The Hall–Kier alpha value is -5.96. The van der Waals surface area contributed by atoms with Gasteiger partial charge >= 0.3 is 6.09 Å². The molecule has 2 amide bonds. The first-order chi connectivity index (χ1) is 31.0. The second kappa shape index (κ2) is 22.1. The van der Waals surface area contributed by atoms with E-state index >= 15 is 0 Å². The predicted octanol–water partition coefficient (Wildman–Crippen LogP) is 8.18. The predicted molar refractivity (Wildman–Crippen MR) is 246 cm³/mol. The number of H-pyrrole nitrogens is 1. The number of benzene rings is 3. The fourth-order valence-electron chi connectivity index (χ4n) is 8.28. The van der Waals surface area contributed by atoms with Gasteiger partial charge in [0, 0.05) is 84.4 Å². The smallest absolute Gasteiger partial charge is 0.407 e. The standard InChI is InChI=1S/C50H62N6O8/c1-50(2,3)64-49(60)52-22-27-62-29-31-63-30-28-61-26-9-12-37(57)11-6-7-23-55-25-21-51-45(55)34-56-24-20-36-17-16-35(32-44(36)56)10-8-15-43-46(40-13-4-5-14-42(40)53-43)47-41-33-38(58)18-19-39(41)48(59)54-47/h4-5,13-14,16-21,24-25,32-33,47,53,58H,6-12,15,22-23,26-31,34H2,1-3H3,(H,52,60)(H,54,59). The fourth-order valence-corrected chi connectivity index (χ4v) is 8.28. The van der Waals surface area contributed by atoms with Crippen LogP contribution in [0.3, 0.4) is 0 Å². The molecule has 0 aliphatic carbocycles. The zero-order valence-electron chi connectivity index (χ0n) is 37.3. The van der Waals surface area contributed by atoms with Crippen LogP contribution in [0.25, 0.3) is 21.8 Å². The number of aromatic hydroxyl groups is 1. The molecule has 64 heavy (non-hydrogen) atoms. The van der Waals surface area contributed by atoms with Crippen molar-refractivity contribution in [2.75, 3.05) is 46.2 Å². The van der Waals surface area contributed by atoms with Crippen LogP contribution in [-0.2, 0) is 49.7 Å². The Morgan fingerprint density at radius 2 is 1.61 bits per heavy atom. The van der Waals surface area contributed by atoms with Crippen molar-refractivity contribution in [2.24, 2.45) is 0 Å². The number of ketones is 1. The van der Waals surface area contributed by atoms with Gasteiger partial charge < -0.3 is 48.8 Å². The number of amides is 2. The summed E-state index contributed by atoms with van der Waals surface area (Å²) in [5.41, 5.74) is 6.48. The van der Waals surface area contributed by atoms with Gasteiger partial charge in [0.25, 0.3) is 5.91 Å². The highest BCUT2D eigenvalue weighted by atomic mass is 16.6. The third-order valence-corrected chi connectivity index (χ3v) is 11.3. The van der Waals surface area contributed by atoms with Crippen LogP contribution in [0.2, 0.25) is 0 Å². The Labute approximate surface area is 374 Å². The molecular formula is C50H62N6O8. The van der Waals surface area contributed by atoms with E-state index in [9.17, 15) is 19.5 Å². The maximum atomic E-state index is 12.9. The van der Waals surface area contributed by atoms with Crippen LogP contribution in [0, 0.1) is 0 Å². The number of imidazole rings is 1. The van der Waals surface area contributed by atoms with E-state index in [0.717, 1.165) is 72.2 Å². The van der Waals surface area contributed by atoms with E-state index in [2.05, 4.69) is 67.3 Å². The summed E-state index contributed by atoms with van der Waals surface area (Å²) in [6.45, 7) is 9.94. The third-order valence-electron chi connectivity index (χ3n) is 11.3. The first-order valence-corrected chi connectivity index (χ1v) is 22.6. The Kier molecular flexibility index (Phi) is 15.9. The highest BCUT2D eigenvalue weighted by molar-refractivity contribution is 6.01. The van der Waals surface area contributed by atoms with Crippen molar-refractivity contribution in [2.45, 2.75) is 96.9 Å². The molecule has 6 aromatic rings. The van der Waals surface area contributed by atoms with Gasteiger partial charge in [-0.1, -0.05) is 30.3 Å². The zero-order chi connectivity index (χ0) is 44.9. The number of nitrogens with zero attached hydrogens (tertiary/aromatic N) is 3. The summed E-state index contributed by atoms with van der Waals surface area (Å²) < 4.78 is 26.2. The molecule has 0 bridgehead atoms. The van der Waals surface area contributed by atoms with Crippen LogP contribution >= 0.6 is 0 Å². The Morgan fingerprint density at radius 3 is 2.44 bits per heavy atom. The number of aryl methyl sites for hydroxylation is 3. The molecule has 14 nitrogen and oxygen atoms in total. The van der Waals surface area contributed by atoms with Crippen molar-refractivity contribution >= 4 is 39.6 Å². The Morgan fingerprint density at radius 1 is 0.828 bits per heavy atom. The summed E-state index contributed by atoms with van der Waals surface area (Å²) in [5.74, 6) is 1.26. The number of phenols is 1. The summed E-state index contributed by atoms with van der Waals surface area (Å²) >= 11 is 0. The van der Waals surface area contributed by atoms with Crippen LogP contribution in [0.5, 0.6) is 5.75 Å². The Balaban J connectivity index is 0.795. The van der Waals surface area contributed by atoms with Crippen LogP contribution in [-0.4, -0.2) is 93.8 Å². The number of phenolic OH excluding ortho intramolecular Hbond substituents is 1. The second-order valence-electron chi connectivity index (χ2n) is 17.3. The summed E-state index contributed by atoms with van der Waals surface area (Å²) in [7, 11) is 0. The highest BCUT2D eigenvalue weighted by Gasteiger charge is 2.33. The van der Waals surface area contributed by atoms with Crippen LogP contribution in [0.4, 0.5) is 4.79 Å². The molecule has 3 aromatic heterocycles. The molecule has 0 spiro atoms. The first kappa shape index (κ1) is 46.0.